The predicted molar refractivity (Wildman–Crippen MR) is 149 cm³/mol. The number of halogens is 1. The van der Waals surface area contributed by atoms with E-state index in [0.29, 0.717) is 25.2 Å². The van der Waals surface area contributed by atoms with Gasteiger partial charge in [-0.15, -0.1) is 0 Å². The van der Waals surface area contributed by atoms with Crippen LogP contribution in [-0.2, 0) is 28.4 Å². The van der Waals surface area contributed by atoms with Crippen molar-refractivity contribution >= 4 is 21.6 Å². The number of amides is 1. The van der Waals surface area contributed by atoms with Crippen LogP contribution in [0.4, 0.5) is 10.1 Å². The minimum absolute atomic E-state index is 0.0542. The van der Waals surface area contributed by atoms with Crippen LogP contribution in [0, 0.1) is 11.7 Å². The summed E-state index contributed by atoms with van der Waals surface area (Å²) in [7, 11) is 1.06. The van der Waals surface area contributed by atoms with Crippen molar-refractivity contribution in [3.63, 3.8) is 0 Å². The lowest BCUT2D eigenvalue weighted by Crippen LogP contribution is -2.46. The minimum atomic E-state index is -3.95. The SMILES string of the molecule is CO[C@@H]1CN(C)C(=O)c2ccc(NS(=O)(=O)c3cn(C)cn3)cc2OC[C@@H](C)N(Cc2cccc(F)c2)C[C@@H]1C. The van der Waals surface area contributed by atoms with Crippen LogP contribution in [0.25, 0.3) is 0 Å². The van der Waals surface area contributed by atoms with E-state index >= 15 is 0 Å². The van der Waals surface area contributed by atoms with Crippen molar-refractivity contribution in [2.45, 2.75) is 37.6 Å². The fourth-order valence-corrected chi connectivity index (χ4v) is 5.77. The monoisotopic (exact) mass is 573 g/mol. The summed E-state index contributed by atoms with van der Waals surface area (Å²) in [5, 5.41) is -0.124. The molecular weight excluding hydrogens is 537 g/mol. The molecule has 4 rings (SSSR count). The molecule has 0 bridgehead atoms. The smallest absolute Gasteiger partial charge is 0.280 e. The Morgan fingerprint density at radius 1 is 1.15 bits per heavy atom. The van der Waals surface area contributed by atoms with Crippen LogP contribution in [0.2, 0.25) is 0 Å². The number of nitrogens with zero attached hydrogens (tertiary/aromatic N) is 4. The average Bonchev–Trinajstić information content (AvgIpc) is 3.36. The number of likely N-dealkylation sites (N-methyl/N-ethyl adjacent to an activating group) is 1. The maximum atomic E-state index is 13.9. The van der Waals surface area contributed by atoms with Gasteiger partial charge in [-0.1, -0.05) is 19.1 Å². The van der Waals surface area contributed by atoms with E-state index in [0.717, 1.165) is 5.56 Å². The van der Waals surface area contributed by atoms with Crippen LogP contribution in [-0.4, -0.2) is 79.7 Å². The van der Waals surface area contributed by atoms with Crippen molar-refractivity contribution in [3.05, 3.63) is 71.9 Å². The number of ether oxygens (including phenoxy) is 2. The van der Waals surface area contributed by atoms with Crippen molar-refractivity contribution in [3.8, 4) is 5.75 Å². The molecule has 2 aromatic carbocycles. The van der Waals surface area contributed by atoms with Crippen LogP contribution in [0.1, 0.15) is 29.8 Å². The number of sulfonamides is 1. The third kappa shape index (κ3) is 6.98. The first kappa shape index (κ1) is 29.5. The Morgan fingerprint density at radius 3 is 2.60 bits per heavy atom. The van der Waals surface area contributed by atoms with E-state index in [-0.39, 0.29) is 52.9 Å². The number of anilines is 1. The Labute approximate surface area is 234 Å². The summed E-state index contributed by atoms with van der Waals surface area (Å²) in [6.07, 6.45) is 2.55. The van der Waals surface area contributed by atoms with Gasteiger partial charge in [0.2, 0.25) is 0 Å². The van der Waals surface area contributed by atoms with Crippen LogP contribution in [0.3, 0.4) is 0 Å². The summed E-state index contributed by atoms with van der Waals surface area (Å²) in [5.74, 6) is -0.265. The number of aryl methyl sites for hydroxylation is 1. The highest BCUT2D eigenvalue weighted by molar-refractivity contribution is 7.92. The first-order valence-corrected chi connectivity index (χ1v) is 14.5. The second kappa shape index (κ2) is 12.4. The van der Waals surface area contributed by atoms with Gasteiger partial charge in [-0.25, -0.2) is 9.37 Å². The molecule has 1 aromatic heterocycles. The van der Waals surface area contributed by atoms with E-state index in [1.807, 2.05) is 13.0 Å². The van der Waals surface area contributed by atoms with Gasteiger partial charge >= 0.3 is 0 Å². The summed E-state index contributed by atoms with van der Waals surface area (Å²) in [5.41, 5.74) is 1.37. The molecule has 40 heavy (non-hydrogen) atoms. The first-order valence-electron chi connectivity index (χ1n) is 13.0. The number of carbonyl (C=O) groups excluding carboxylic acids is 1. The topological polar surface area (TPSA) is 106 Å². The lowest BCUT2D eigenvalue weighted by Gasteiger charge is -2.36. The molecule has 1 aliphatic rings. The number of methoxy groups -OCH3 is 1. The lowest BCUT2D eigenvalue weighted by molar-refractivity contribution is 0.00920. The molecule has 0 fully saturated rings. The number of imidazole rings is 1. The quantitative estimate of drug-likeness (QED) is 0.482. The molecule has 2 heterocycles. The van der Waals surface area contributed by atoms with Gasteiger partial charge < -0.3 is 18.9 Å². The fourth-order valence-electron chi connectivity index (χ4n) is 4.74. The lowest BCUT2D eigenvalue weighted by atomic mass is 10.0. The largest absolute Gasteiger partial charge is 0.491 e. The summed E-state index contributed by atoms with van der Waals surface area (Å²) in [6.45, 7) is 5.73. The van der Waals surface area contributed by atoms with Crippen LogP contribution < -0.4 is 9.46 Å². The molecule has 1 N–H and O–H groups in total. The van der Waals surface area contributed by atoms with Crippen LogP contribution in [0.5, 0.6) is 5.75 Å². The summed E-state index contributed by atoms with van der Waals surface area (Å²) >= 11 is 0. The highest BCUT2D eigenvalue weighted by atomic mass is 32.2. The number of nitrogens with one attached hydrogen (secondary N) is 1. The maximum absolute atomic E-state index is 13.9. The fraction of sp³-hybridized carbons (Fsp3) is 0.429. The van der Waals surface area contributed by atoms with Gasteiger partial charge in [-0.3, -0.25) is 14.4 Å². The number of hydrogen-bond donors (Lipinski definition) is 1. The normalized spacial score (nSPS) is 21.2. The molecule has 1 aliphatic heterocycles. The summed E-state index contributed by atoms with van der Waals surface area (Å²) in [6, 6.07) is 11.0. The van der Waals surface area contributed by atoms with Crippen molar-refractivity contribution in [1.82, 2.24) is 19.4 Å². The Balaban J connectivity index is 1.66. The Bertz CT molecular complexity index is 1450. The van der Waals surface area contributed by atoms with Gasteiger partial charge in [0.05, 0.1) is 23.7 Å². The second-order valence-corrected chi connectivity index (χ2v) is 12.0. The summed E-state index contributed by atoms with van der Waals surface area (Å²) < 4.78 is 55.7. The Kier molecular flexibility index (Phi) is 9.12. The van der Waals surface area contributed by atoms with Crippen molar-refractivity contribution < 1.29 is 27.1 Å². The van der Waals surface area contributed by atoms with E-state index in [2.05, 4.69) is 21.5 Å². The average molecular weight is 574 g/mol. The van der Waals surface area contributed by atoms with Crippen LogP contribution in [0.15, 0.2) is 60.0 Å². The predicted octanol–water partition coefficient (Wildman–Crippen LogP) is 3.37. The number of carbonyl (C=O) groups is 1. The highest BCUT2D eigenvalue weighted by Gasteiger charge is 2.29. The van der Waals surface area contributed by atoms with Gasteiger partial charge in [0.25, 0.3) is 15.9 Å². The van der Waals surface area contributed by atoms with Gasteiger partial charge in [0.1, 0.15) is 18.2 Å². The van der Waals surface area contributed by atoms with E-state index < -0.39 is 10.0 Å². The molecule has 1 amide bonds. The van der Waals surface area contributed by atoms with Gasteiger partial charge in [-0.05, 0) is 42.7 Å². The van der Waals surface area contributed by atoms with Gasteiger partial charge in [0, 0.05) is 59.1 Å². The number of hydrogen-bond acceptors (Lipinski definition) is 7. The number of rotatable bonds is 6. The molecule has 10 nitrogen and oxygen atoms in total. The van der Waals surface area contributed by atoms with E-state index in [4.69, 9.17) is 9.47 Å². The molecule has 0 aliphatic carbocycles. The third-order valence-corrected chi connectivity index (χ3v) is 8.33. The van der Waals surface area contributed by atoms with E-state index in [1.54, 1.807) is 38.2 Å². The standard InChI is InChI=1S/C28H36FN5O5S/c1-19-13-34(14-21-7-6-8-22(29)11-21)20(2)17-39-25-12-23(31-40(36,37)27-16-32(3)18-30-27)9-10-24(25)28(35)33(4)15-26(19)38-5/h6-12,16,18-20,26,31H,13-15,17H2,1-5H3/t19-,20+,26+/m0/s1. The molecule has 0 radical (unpaired) electrons. The molecule has 12 heteroatoms. The molecule has 0 spiro atoms. The first-order chi connectivity index (χ1) is 19.0. The third-order valence-electron chi connectivity index (χ3n) is 7.06. The van der Waals surface area contributed by atoms with Crippen LogP contribution >= 0.6 is 0 Å². The highest BCUT2D eigenvalue weighted by Crippen LogP contribution is 2.28. The molecule has 3 atom stereocenters. The molecule has 216 valence electrons. The maximum Gasteiger partial charge on any atom is 0.280 e. The molecule has 3 aromatic rings. The van der Waals surface area contributed by atoms with Gasteiger partial charge in [0.15, 0.2) is 5.03 Å². The molecular formula is C28H36FN5O5S. The molecule has 0 saturated carbocycles. The van der Waals surface area contributed by atoms with Gasteiger partial charge in [-0.2, -0.15) is 8.42 Å². The Morgan fingerprint density at radius 2 is 1.93 bits per heavy atom. The van der Waals surface area contributed by atoms with Crippen molar-refractivity contribution in [1.29, 1.82) is 0 Å². The number of aromatic nitrogens is 2. The summed E-state index contributed by atoms with van der Waals surface area (Å²) in [4.78, 5) is 21.1. The number of benzene rings is 2. The molecule has 0 saturated heterocycles. The van der Waals surface area contributed by atoms with Crippen molar-refractivity contribution in [2.24, 2.45) is 13.0 Å². The second-order valence-electron chi connectivity index (χ2n) is 10.4. The van der Waals surface area contributed by atoms with E-state index in [9.17, 15) is 17.6 Å². The zero-order chi connectivity index (χ0) is 29.0. The minimum Gasteiger partial charge on any atom is -0.491 e. The van der Waals surface area contributed by atoms with E-state index in [1.165, 1.54) is 41.4 Å². The molecule has 0 unspecified atom stereocenters. The zero-order valence-corrected chi connectivity index (χ0v) is 24.2. The zero-order valence-electron chi connectivity index (χ0n) is 23.4. The van der Waals surface area contributed by atoms with Crippen molar-refractivity contribution in [2.75, 3.05) is 38.6 Å². The number of fused-ring (bicyclic) bond motifs is 1. The Hall–Kier alpha value is -3.48.